The SMILES string of the molecule is CCc1ccccc1N1C[C@H](C(=O)O[C@@H](C)C(=O)Nc2cccc(C#N)c2)CC1=O. The molecule has 2 aromatic rings. The predicted molar refractivity (Wildman–Crippen MR) is 112 cm³/mol. The Hall–Kier alpha value is -3.66. The minimum atomic E-state index is -1.03. The van der Waals surface area contributed by atoms with Gasteiger partial charge in [0.1, 0.15) is 0 Å². The van der Waals surface area contributed by atoms with Crippen LogP contribution in [0.15, 0.2) is 48.5 Å². The van der Waals surface area contributed by atoms with Crippen molar-refractivity contribution in [1.29, 1.82) is 5.26 Å². The zero-order valence-corrected chi connectivity index (χ0v) is 16.9. The molecule has 1 saturated heterocycles. The molecule has 2 atom stereocenters. The number of hydrogen-bond acceptors (Lipinski definition) is 5. The van der Waals surface area contributed by atoms with Gasteiger partial charge in [-0.2, -0.15) is 5.26 Å². The fourth-order valence-electron chi connectivity index (χ4n) is 3.41. The number of carbonyl (C=O) groups excluding carboxylic acids is 3. The molecule has 0 radical (unpaired) electrons. The number of carbonyl (C=O) groups is 3. The largest absolute Gasteiger partial charge is 0.452 e. The summed E-state index contributed by atoms with van der Waals surface area (Å²) < 4.78 is 5.32. The van der Waals surface area contributed by atoms with Crippen molar-refractivity contribution in [2.75, 3.05) is 16.8 Å². The van der Waals surface area contributed by atoms with Crippen molar-refractivity contribution in [1.82, 2.24) is 0 Å². The number of nitrogens with one attached hydrogen (secondary N) is 1. The van der Waals surface area contributed by atoms with E-state index in [2.05, 4.69) is 5.32 Å². The third-order valence-electron chi connectivity index (χ3n) is 5.04. The number of rotatable bonds is 6. The van der Waals surface area contributed by atoms with Gasteiger partial charge >= 0.3 is 5.97 Å². The Kier molecular flexibility index (Phi) is 6.48. The van der Waals surface area contributed by atoms with Gasteiger partial charge in [-0.05, 0) is 43.2 Å². The van der Waals surface area contributed by atoms with E-state index in [0.29, 0.717) is 11.3 Å². The minimum Gasteiger partial charge on any atom is -0.452 e. The van der Waals surface area contributed by atoms with Gasteiger partial charge in [-0.15, -0.1) is 0 Å². The third-order valence-corrected chi connectivity index (χ3v) is 5.04. The summed E-state index contributed by atoms with van der Waals surface area (Å²) in [6.45, 7) is 3.72. The smallest absolute Gasteiger partial charge is 0.312 e. The van der Waals surface area contributed by atoms with Crippen molar-refractivity contribution in [2.24, 2.45) is 5.92 Å². The molecule has 0 unspecified atom stereocenters. The van der Waals surface area contributed by atoms with Crippen molar-refractivity contribution >= 4 is 29.2 Å². The van der Waals surface area contributed by atoms with Crippen LogP contribution in [0.2, 0.25) is 0 Å². The van der Waals surface area contributed by atoms with Crippen LogP contribution >= 0.6 is 0 Å². The molecule has 30 heavy (non-hydrogen) atoms. The van der Waals surface area contributed by atoms with Crippen molar-refractivity contribution in [3.8, 4) is 6.07 Å². The van der Waals surface area contributed by atoms with E-state index in [0.717, 1.165) is 17.7 Å². The van der Waals surface area contributed by atoms with Crippen LogP contribution in [0.25, 0.3) is 0 Å². The van der Waals surface area contributed by atoms with Gasteiger partial charge in [-0.3, -0.25) is 14.4 Å². The molecule has 1 aliphatic rings. The number of esters is 1. The van der Waals surface area contributed by atoms with E-state index >= 15 is 0 Å². The summed E-state index contributed by atoms with van der Waals surface area (Å²) in [6, 6.07) is 16.1. The first-order valence-corrected chi connectivity index (χ1v) is 9.82. The molecule has 0 spiro atoms. The van der Waals surface area contributed by atoms with E-state index in [-0.39, 0.29) is 18.9 Å². The van der Waals surface area contributed by atoms with Gasteiger partial charge in [-0.25, -0.2) is 0 Å². The van der Waals surface area contributed by atoms with Crippen molar-refractivity contribution < 1.29 is 19.1 Å². The number of para-hydroxylation sites is 1. The van der Waals surface area contributed by atoms with Crippen LogP contribution in [0.4, 0.5) is 11.4 Å². The molecule has 0 aromatic heterocycles. The maximum atomic E-state index is 12.6. The lowest BCUT2D eigenvalue weighted by molar-refractivity contribution is -0.157. The average molecular weight is 405 g/mol. The van der Waals surface area contributed by atoms with E-state index in [9.17, 15) is 14.4 Å². The van der Waals surface area contributed by atoms with Gasteiger partial charge in [0, 0.05) is 24.3 Å². The molecule has 1 fully saturated rings. The predicted octanol–water partition coefficient (Wildman–Crippen LogP) is 3.04. The van der Waals surface area contributed by atoms with Crippen LogP contribution in [0, 0.1) is 17.2 Å². The Morgan fingerprint density at radius 3 is 2.77 bits per heavy atom. The maximum Gasteiger partial charge on any atom is 0.312 e. The second kappa shape index (κ2) is 9.23. The molecule has 7 heteroatoms. The van der Waals surface area contributed by atoms with Gasteiger partial charge < -0.3 is 15.0 Å². The first-order chi connectivity index (χ1) is 14.4. The van der Waals surface area contributed by atoms with Crippen LogP contribution in [0.3, 0.4) is 0 Å². The molecule has 0 bridgehead atoms. The fourth-order valence-corrected chi connectivity index (χ4v) is 3.41. The Balaban J connectivity index is 1.61. The normalized spacial score (nSPS) is 16.6. The molecule has 3 rings (SSSR count). The summed E-state index contributed by atoms with van der Waals surface area (Å²) in [5.41, 5.74) is 2.70. The highest BCUT2D eigenvalue weighted by molar-refractivity contribution is 6.01. The monoisotopic (exact) mass is 405 g/mol. The van der Waals surface area contributed by atoms with Crippen LogP contribution in [-0.2, 0) is 25.5 Å². The van der Waals surface area contributed by atoms with E-state index in [1.165, 1.54) is 13.0 Å². The molecule has 0 aliphatic carbocycles. The van der Waals surface area contributed by atoms with Gasteiger partial charge in [0.05, 0.1) is 17.6 Å². The number of anilines is 2. The molecular weight excluding hydrogens is 382 g/mol. The summed E-state index contributed by atoms with van der Waals surface area (Å²) >= 11 is 0. The van der Waals surface area contributed by atoms with Crippen LogP contribution < -0.4 is 10.2 Å². The number of aryl methyl sites for hydroxylation is 1. The highest BCUT2D eigenvalue weighted by Gasteiger charge is 2.37. The second-order valence-electron chi connectivity index (χ2n) is 7.15. The van der Waals surface area contributed by atoms with E-state index in [1.54, 1.807) is 23.1 Å². The third kappa shape index (κ3) is 4.66. The Morgan fingerprint density at radius 1 is 1.27 bits per heavy atom. The molecule has 1 aliphatic heterocycles. The maximum absolute atomic E-state index is 12.6. The summed E-state index contributed by atoms with van der Waals surface area (Å²) in [5.74, 6) is -1.84. The van der Waals surface area contributed by atoms with E-state index in [4.69, 9.17) is 10.00 Å². The minimum absolute atomic E-state index is 0.0510. The van der Waals surface area contributed by atoms with E-state index < -0.39 is 23.9 Å². The lowest BCUT2D eigenvalue weighted by Crippen LogP contribution is -2.33. The highest BCUT2D eigenvalue weighted by Crippen LogP contribution is 2.29. The lowest BCUT2D eigenvalue weighted by atomic mass is 10.1. The quantitative estimate of drug-likeness (QED) is 0.745. The van der Waals surface area contributed by atoms with Crippen molar-refractivity contribution in [3.63, 3.8) is 0 Å². The van der Waals surface area contributed by atoms with Gasteiger partial charge in [0.25, 0.3) is 5.91 Å². The standard InChI is InChI=1S/C23H23N3O4/c1-3-17-8-4-5-10-20(17)26-14-18(12-21(26)27)23(29)30-15(2)22(28)25-19-9-6-7-16(11-19)13-24/h4-11,15,18H,3,12,14H2,1-2H3,(H,25,28)/t15-,18+/m0/s1. The number of nitrogens with zero attached hydrogens (tertiary/aromatic N) is 2. The lowest BCUT2D eigenvalue weighted by Gasteiger charge is -2.20. The molecule has 2 amide bonds. The number of nitriles is 1. The summed E-state index contributed by atoms with van der Waals surface area (Å²) in [7, 11) is 0. The zero-order valence-electron chi connectivity index (χ0n) is 16.9. The number of benzene rings is 2. The van der Waals surface area contributed by atoms with Crippen LogP contribution in [0.5, 0.6) is 0 Å². The summed E-state index contributed by atoms with van der Waals surface area (Å²) in [5, 5.41) is 11.6. The topological polar surface area (TPSA) is 99.5 Å². The Bertz CT molecular complexity index is 1010. The average Bonchev–Trinajstić information content (AvgIpc) is 3.15. The molecule has 1 N–H and O–H groups in total. The summed E-state index contributed by atoms with van der Waals surface area (Å²) in [6.07, 6.45) is -0.204. The van der Waals surface area contributed by atoms with Crippen LogP contribution in [0.1, 0.15) is 31.4 Å². The molecule has 0 saturated carbocycles. The molecular formula is C23H23N3O4. The number of hydrogen-bond donors (Lipinski definition) is 1. The first-order valence-electron chi connectivity index (χ1n) is 9.82. The Labute approximate surface area is 175 Å². The van der Waals surface area contributed by atoms with Crippen LogP contribution in [-0.4, -0.2) is 30.4 Å². The van der Waals surface area contributed by atoms with Crippen molar-refractivity contribution in [3.05, 3.63) is 59.7 Å². The van der Waals surface area contributed by atoms with Gasteiger partial charge in [0.15, 0.2) is 6.10 Å². The number of amides is 2. The Morgan fingerprint density at radius 2 is 2.03 bits per heavy atom. The molecule has 1 heterocycles. The van der Waals surface area contributed by atoms with Crippen molar-refractivity contribution in [2.45, 2.75) is 32.8 Å². The first kappa shape index (κ1) is 21.1. The molecule has 7 nitrogen and oxygen atoms in total. The van der Waals surface area contributed by atoms with E-state index in [1.807, 2.05) is 37.3 Å². The van der Waals surface area contributed by atoms with Gasteiger partial charge in [-0.1, -0.05) is 31.2 Å². The highest BCUT2D eigenvalue weighted by atomic mass is 16.5. The summed E-state index contributed by atoms with van der Waals surface area (Å²) in [4.78, 5) is 39.0. The number of ether oxygens (including phenoxy) is 1. The fraction of sp³-hybridized carbons (Fsp3) is 0.304. The molecule has 154 valence electrons. The zero-order chi connectivity index (χ0) is 21.7. The second-order valence-corrected chi connectivity index (χ2v) is 7.15. The van der Waals surface area contributed by atoms with Gasteiger partial charge in [0.2, 0.25) is 5.91 Å². The molecule has 2 aromatic carbocycles.